The Morgan fingerprint density at radius 3 is 2.50 bits per heavy atom. The molecule has 2 amide bonds. The Morgan fingerprint density at radius 2 is 1.67 bits per heavy atom. The van der Waals surface area contributed by atoms with Gasteiger partial charge in [-0.3, -0.25) is 9.47 Å². The van der Waals surface area contributed by atoms with Gasteiger partial charge in [0.2, 0.25) is 0 Å². The van der Waals surface area contributed by atoms with E-state index < -0.39 is 5.82 Å². The molecule has 9 nitrogen and oxygen atoms in total. The Hall–Kier alpha value is -5.09. The van der Waals surface area contributed by atoms with Crippen molar-refractivity contribution in [1.29, 1.82) is 0 Å². The Morgan fingerprint density at radius 1 is 0.905 bits per heavy atom. The van der Waals surface area contributed by atoms with Gasteiger partial charge in [-0.15, -0.1) is 10.2 Å². The number of piperidine rings is 1. The molecule has 0 unspecified atom stereocenters. The van der Waals surface area contributed by atoms with E-state index in [1.54, 1.807) is 24.4 Å². The van der Waals surface area contributed by atoms with Crippen LogP contribution in [0, 0.1) is 5.82 Å². The molecule has 2 aliphatic rings. The number of carbonyl (C=O) groups excluding carboxylic acids is 1. The minimum Gasteiger partial charge on any atom is -0.338 e. The van der Waals surface area contributed by atoms with E-state index in [2.05, 4.69) is 64.9 Å². The highest BCUT2D eigenvalue weighted by molar-refractivity contribution is 5.89. The Kier molecular flexibility index (Phi) is 6.81. The fourth-order valence-electron chi connectivity index (χ4n) is 5.62. The lowest BCUT2D eigenvalue weighted by Gasteiger charge is -2.32. The first kappa shape index (κ1) is 25.8. The third kappa shape index (κ3) is 5.08. The van der Waals surface area contributed by atoms with Gasteiger partial charge in [0.05, 0.1) is 17.1 Å². The summed E-state index contributed by atoms with van der Waals surface area (Å²) in [6.45, 7) is 2.54. The molecule has 0 bridgehead atoms. The van der Waals surface area contributed by atoms with E-state index in [9.17, 15) is 9.18 Å². The van der Waals surface area contributed by atoms with Crippen LogP contribution < -0.4 is 16.0 Å². The molecule has 7 rings (SSSR count). The minimum atomic E-state index is -0.447. The lowest BCUT2D eigenvalue weighted by molar-refractivity contribution is 0.190. The second-order valence-electron chi connectivity index (χ2n) is 10.5. The average molecular weight is 561 g/mol. The molecular weight excluding hydrogens is 531 g/mol. The van der Waals surface area contributed by atoms with Crippen molar-refractivity contribution in [3.63, 3.8) is 0 Å². The number of carbonyl (C=O) groups is 1. The minimum absolute atomic E-state index is 0.0515. The van der Waals surface area contributed by atoms with E-state index in [4.69, 9.17) is 0 Å². The average Bonchev–Trinajstić information content (AvgIpc) is 3.39. The van der Waals surface area contributed by atoms with Gasteiger partial charge in [-0.05, 0) is 54.8 Å². The zero-order valence-corrected chi connectivity index (χ0v) is 22.8. The molecule has 3 aromatic carbocycles. The van der Waals surface area contributed by atoms with Gasteiger partial charge in [0.15, 0.2) is 17.5 Å². The standard InChI is InChI=1S/C32H29FN8O/c33-25-7-2-4-9-27(25)37-32(42)35-23-15-18-40(19-16-23)20-21-11-13-22(14-12-21)30-38-39-31-24-6-1-3-8-26(24)36-29-28(41(30)31)10-5-17-34-29/h1-14,17,23H,15-16,18-20H2,(H,34,36)(H2,35,37,42). The number of anilines is 3. The predicted molar refractivity (Wildman–Crippen MR) is 160 cm³/mol. The molecule has 1 fully saturated rings. The highest BCUT2D eigenvalue weighted by Crippen LogP contribution is 2.39. The molecule has 5 aromatic rings. The van der Waals surface area contributed by atoms with Gasteiger partial charge in [0, 0.05) is 43.0 Å². The van der Waals surface area contributed by atoms with Gasteiger partial charge >= 0.3 is 6.03 Å². The highest BCUT2D eigenvalue weighted by Gasteiger charge is 2.25. The van der Waals surface area contributed by atoms with Crippen LogP contribution in [0.15, 0.2) is 91.1 Å². The lowest BCUT2D eigenvalue weighted by Crippen LogP contribution is -2.45. The van der Waals surface area contributed by atoms with Gasteiger partial charge in [0.25, 0.3) is 0 Å². The molecule has 0 saturated carbocycles. The number of halogens is 1. The molecule has 0 atom stereocenters. The number of nitrogens with zero attached hydrogens (tertiary/aromatic N) is 5. The zero-order valence-electron chi connectivity index (χ0n) is 22.8. The van der Waals surface area contributed by atoms with E-state index in [-0.39, 0.29) is 17.8 Å². The van der Waals surface area contributed by atoms with Crippen molar-refractivity contribution < 1.29 is 9.18 Å². The molecule has 0 spiro atoms. The number of amides is 2. The van der Waals surface area contributed by atoms with Gasteiger partial charge in [-0.2, -0.15) is 0 Å². The number of pyridine rings is 1. The van der Waals surface area contributed by atoms with Gasteiger partial charge in [-0.25, -0.2) is 14.2 Å². The highest BCUT2D eigenvalue weighted by atomic mass is 19.1. The van der Waals surface area contributed by atoms with Gasteiger partial charge in [0.1, 0.15) is 5.82 Å². The summed E-state index contributed by atoms with van der Waals surface area (Å²) in [5, 5.41) is 18.2. The quantitative estimate of drug-likeness (QED) is 0.240. The number of aromatic nitrogens is 4. The number of urea groups is 1. The summed E-state index contributed by atoms with van der Waals surface area (Å²) in [4.78, 5) is 19.3. The van der Waals surface area contributed by atoms with Crippen LogP contribution >= 0.6 is 0 Å². The summed E-state index contributed by atoms with van der Waals surface area (Å²) in [5.41, 5.74) is 5.15. The molecule has 1 saturated heterocycles. The van der Waals surface area contributed by atoms with Crippen molar-refractivity contribution in [3.05, 3.63) is 103 Å². The molecular formula is C32H29FN8O. The Labute approximate surface area is 242 Å². The molecule has 42 heavy (non-hydrogen) atoms. The number of para-hydroxylation sites is 2. The number of fused-ring (bicyclic) bond motifs is 5. The van der Waals surface area contributed by atoms with Crippen LogP contribution in [0.5, 0.6) is 0 Å². The van der Waals surface area contributed by atoms with Crippen LogP contribution in [0.3, 0.4) is 0 Å². The maximum absolute atomic E-state index is 13.8. The molecule has 210 valence electrons. The third-order valence-corrected chi connectivity index (χ3v) is 7.77. The Bertz CT molecular complexity index is 1740. The number of likely N-dealkylation sites (tertiary alicyclic amines) is 1. The van der Waals surface area contributed by atoms with Crippen LogP contribution in [0.2, 0.25) is 0 Å². The molecule has 10 heteroatoms. The number of hydrogen-bond donors (Lipinski definition) is 3. The normalized spacial score (nSPS) is 14.6. The topological polar surface area (TPSA) is 100 Å². The first-order valence-electron chi connectivity index (χ1n) is 14.0. The van der Waals surface area contributed by atoms with Gasteiger partial charge < -0.3 is 16.0 Å². The summed E-state index contributed by atoms with van der Waals surface area (Å²) in [6.07, 6.45) is 3.44. The zero-order chi connectivity index (χ0) is 28.5. The lowest BCUT2D eigenvalue weighted by atomic mass is 10.0. The first-order valence-corrected chi connectivity index (χ1v) is 14.0. The molecule has 4 heterocycles. The fourth-order valence-corrected chi connectivity index (χ4v) is 5.62. The maximum Gasteiger partial charge on any atom is 0.319 e. The first-order chi connectivity index (χ1) is 20.6. The van der Waals surface area contributed by atoms with E-state index >= 15 is 0 Å². The maximum atomic E-state index is 13.8. The smallest absolute Gasteiger partial charge is 0.319 e. The second-order valence-corrected chi connectivity index (χ2v) is 10.5. The van der Waals surface area contributed by atoms with Crippen molar-refractivity contribution in [2.45, 2.75) is 25.4 Å². The predicted octanol–water partition coefficient (Wildman–Crippen LogP) is 5.98. The van der Waals surface area contributed by atoms with Crippen LogP contribution in [0.4, 0.5) is 26.4 Å². The molecule has 3 N–H and O–H groups in total. The van der Waals surface area contributed by atoms with Crippen LogP contribution in [0.1, 0.15) is 18.4 Å². The summed E-state index contributed by atoms with van der Waals surface area (Å²) in [7, 11) is 0. The molecule has 2 aliphatic heterocycles. The number of rotatable bonds is 5. The van der Waals surface area contributed by atoms with Crippen molar-refractivity contribution >= 4 is 23.2 Å². The second kappa shape index (κ2) is 11.1. The Balaban J connectivity index is 1.02. The van der Waals surface area contributed by atoms with E-state index in [0.717, 1.165) is 72.4 Å². The largest absolute Gasteiger partial charge is 0.338 e. The van der Waals surface area contributed by atoms with Crippen LogP contribution in [-0.4, -0.2) is 49.8 Å². The SMILES string of the molecule is O=C(Nc1ccccc1F)NC1CCN(Cc2ccc(-c3nnc4n3-c3cccnc3Nc3ccccc3-4)cc2)CC1. The molecule has 0 radical (unpaired) electrons. The summed E-state index contributed by atoms with van der Waals surface area (Å²) in [6, 6.07) is 26.3. The monoisotopic (exact) mass is 560 g/mol. The van der Waals surface area contributed by atoms with E-state index in [0.29, 0.717) is 0 Å². The summed E-state index contributed by atoms with van der Waals surface area (Å²) in [5.74, 6) is 1.83. The van der Waals surface area contributed by atoms with E-state index in [1.807, 2.05) is 36.4 Å². The van der Waals surface area contributed by atoms with Crippen LogP contribution in [0.25, 0.3) is 28.5 Å². The summed E-state index contributed by atoms with van der Waals surface area (Å²) < 4.78 is 15.9. The number of hydrogen-bond acceptors (Lipinski definition) is 6. The fraction of sp³-hybridized carbons (Fsp3) is 0.188. The van der Waals surface area contributed by atoms with Crippen molar-refractivity contribution in [2.24, 2.45) is 0 Å². The number of benzene rings is 3. The van der Waals surface area contributed by atoms with E-state index in [1.165, 1.54) is 11.6 Å². The van der Waals surface area contributed by atoms with Crippen molar-refractivity contribution in [1.82, 2.24) is 30.0 Å². The molecule has 2 aromatic heterocycles. The third-order valence-electron chi connectivity index (χ3n) is 7.77. The molecule has 0 aliphatic carbocycles. The van der Waals surface area contributed by atoms with Crippen LogP contribution in [-0.2, 0) is 6.54 Å². The van der Waals surface area contributed by atoms with Crippen molar-refractivity contribution in [3.8, 4) is 28.5 Å². The van der Waals surface area contributed by atoms with Crippen molar-refractivity contribution in [2.75, 3.05) is 23.7 Å². The summed E-state index contributed by atoms with van der Waals surface area (Å²) >= 11 is 0. The number of nitrogens with one attached hydrogen (secondary N) is 3. The van der Waals surface area contributed by atoms with Gasteiger partial charge in [-0.1, -0.05) is 48.5 Å².